The smallest absolute Gasteiger partial charge is 0.262 e. The van der Waals surface area contributed by atoms with E-state index in [9.17, 15) is 4.79 Å². The standard InChI is InChI=1S/C26H28ClN5O.3ClH/c1-19-7-8-24-22(15-19)25-23(17-28-24)26(33)32(18-29-25)10-3-2-9-30-11-13-31(14-12-30)21-6-4-5-20(27)16-21;;;/h4-8,15-18H,2-3,9-14H2,1H3;3*1H. The van der Waals surface area contributed by atoms with Gasteiger partial charge in [0, 0.05) is 55.0 Å². The Labute approximate surface area is 234 Å². The fraction of sp³-hybridized carbons (Fsp3) is 0.346. The van der Waals surface area contributed by atoms with Crippen LogP contribution in [0.15, 0.2) is 59.8 Å². The normalized spacial score (nSPS) is 13.7. The minimum absolute atomic E-state index is 0. The number of hydrogen-bond acceptors (Lipinski definition) is 5. The highest BCUT2D eigenvalue weighted by Crippen LogP contribution is 2.22. The Morgan fingerprint density at radius 1 is 0.889 bits per heavy atom. The summed E-state index contributed by atoms with van der Waals surface area (Å²) >= 11 is 6.13. The van der Waals surface area contributed by atoms with Crippen LogP contribution in [-0.2, 0) is 6.54 Å². The van der Waals surface area contributed by atoms with Crippen molar-refractivity contribution in [2.45, 2.75) is 26.3 Å². The molecule has 5 rings (SSSR count). The van der Waals surface area contributed by atoms with E-state index in [0.717, 1.165) is 72.6 Å². The minimum Gasteiger partial charge on any atom is -0.369 e. The molecule has 2 aromatic carbocycles. The van der Waals surface area contributed by atoms with Gasteiger partial charge < -0.3 is 4.90 Å². The first-order valence-corrected chi connectivity index (χ1v) is 11.9. The second kappa shape index (κ2) is 13.5. The van der Waals surface area contributed by atoms with Gasteiger partial charge in [-0.15, -0.1) is 37.2 Å². The maximum absolute atomic E-state index is 13.0. The van der Waals surface area contributed by atoms with E-state index >= 15 is 0 Å². The van der Waals surface area contributed by atoms with Crippen molar-refractivity contribution in [1.82, 2.24) is 19.4 Å². The van der Waals surface area contributed by atoms with Crippen LogP contribution in [0.5, 0.6) is 0 Å². The number of benzene rings is 2. The van der Waals surface area contributed by atoms with Crippen LogP contribution in [0.25, 0.3) is 21.8 Å². The molecular formula is C26H31Cl4N5O. The topological polar surface area (TPSA) is 54.3 Å². The zero-order valence-corrected chi connectivity index (χ0v) is 23.3. The average molecular weight is 571 g/mol. The molecule has 0 radical (unpaired) electrons. The van der Waals surface area contributed by atoms with Gasteiger partial charge in [0.25, 0.3) is 5.56 Å². The third-order valence-corrected chi connectivity index (χ3v) is 6.72. The number of nitrogens with zero attached hydrogens (tertiary/aromatic N) is 5. The SMILES string of the molecule is Cc1ccc2ncc3c(=O)n(CCCCN4CCN(c5cccc(Cl)c5)CC4)cnc3c2c1.Cl.Cl.Cl. The third kappa shape index (κ3) is 6.61. The van der Waals surface area contributed by atoms with Gasteiger partial charge in [-0.2, -0.15) is 0 Å². The van der Waals surface area contributed by atoms with Gasteiger partial charge in [-0.25, -0.2) is 4.98 Å². The highest BCUT2D eigenvalue weighted by molar-refractivity contribution is 6.30. The van der Waals surface area contributed by atoms with Gasteiger partial charge in [0.2, 0.25) is 0 Å². The van der Waals surface area contributed by atoms with Crippen LogP contribution < -0.4 is 10.5 Å². The number of piperazine rings is 1. The molecule has 1 fully saturated rings. The van der Waals surface area contributed by atoms with Crippen LogP contribution in [0.4, 0.5) is 5.69 Å². The summed E-state index contributed by atoms with van der Waals surface area (Å²) in [5, 5.41) is 2.31. The lowest BCUT2D eigenvalue weighted by Crippen LogP contribution is -2.46. The maximum atomic E-state index is 13.0. The summed E-state index contributed by atoms with van der Waals surface area (Å²) in [5.74, 6) is 0. The number of fused-ring (bicyclic) bond motifs is 3. The summed E-state index contributed by atoms with van der Waals surface area (Å²) in [6.45, 7) is 7.87. The molecule has 36 heavy (non-hydrogen) atoms. The summed E-state index contributed by atoms with van der Waals surface area (Å²) in [4.78, 5) is 27.0. The Bertz CT molecular complexity index is 1360. The molecule has 194 valence electrons. The lowest BCUT2D eigenvalue weighted by atomic mass is 10.1. The van der Waals surface area contributed by atoms with Crippen molar-refractivity contribution in [2.24, 2.45) is 0 Å². The van der Waals surface area contributed by atoms with Crippen LogP contribution in [0.3, 0.4) is 0 Å². The first-order valence-electron chi connectivity index (χ1n) is 11.6. The van der Waals surface area contributed by atoms with E-state index in [0.29, 0.717) is 11.9 Å². The predicted octanol–water partition coefficient (Wildman–Crippen LogP) is 5.77. The first kappa shape index (κ1) is 30.1. The average Bonchev–Trinajstić information content (AvgIpc) is 2.83. The molecule has 6 nitrogen and oxygen atoms in total. The molecule has 0 spiro atoms. The van der Waals surface area contributed by atoms with Gasteiger partial charge in [0.15, 0.2) is 0 Å². The molecule has 2 aromatic heterocycles. The monoisotopic (exact) mass is 569 g/mol. The lowest BCUT2D eigenvalue weighted by Gasteiger charge is -2.36. The number of anilines is 1. The van der Waals surface area contributed by atoms with E-state index in [-0.39, 0.29) is 42.8 Å². The molecule has 10 heteroatoms. The van der Waals surface area contributed by atoms with Crippen molar-refractivity contribution in [3.8, 4) is 0 Å². The zero-order chi connectivity index (χ0) is 22.8. The van der Waals surface area contributed by atoms with E-state index in [1.54, 1.807) is 17.1 Å². The predicted molar refractivity (Wildman–Crippen MR) is 157 cm³/mol. The van der Waals surface area contributed by atoms with Crippen molar-refractivity contribution in [3.05, 3.63) is 75.9 Å². The highest BCUT2D eigenvalue weighted by atomic mass is 35.5. The number of pyridine rings is 1. The summed E-state index contributed by atoms with van der Waals surface area (Å²) in [6, 6.07) is 14.1. The van der Waals surface area contributed by atoms with Crippen molar-refractivity contribution >= 4 is 76.3 Å². The summed E-state index contributed by atoms with van der Waals surface area (Å²) in [5.41, 5.74) is 3.93. The zero-order valence-electron chi connectivity index (χ0n) is 20.1. The molecule has 0 unspecified atom stereocenters. The molecule has 0 atom stereocenters. The highest BCUT2D eigenvalue weighted by Gasteiger charge is 2.17. The quantitative estimate of drug-likeness (QED) is 0.217. The van der Waals surface area contributed by atoms with Crippen LogP contribution in [0, 0.1) is 6.92 Å². The van der Waals surface area contributed by atoms with Crippen molar-refractivity contribution < 1.29 is 0 Å². The number of aromatic nitrogens is 3. The van der Waals surface area contributed by atoms with Gasteiger partial charge in [0.05, 0.1) is 22.7 Å². The van der Waals surface area contributed by atoms with E-state index < -0.39 is 0 Å². The molecule has 0 bridgehead atoms. The summed E-state index contributed by atoms with van der Waals surface area (Å²) in [6.07, 6.45) is 5.35. The molecule has 3 heterocycles. The Balaban J connectivity index is 0.00000152. The Morgan fingerprint density at radius 2 is 1.64 bits per heavy atom. The molecule has 4 aromatic rings. The molecule has 0 aliphatic carbocycles. The van der Waals surface area contributed by atoms with Gasteiger partial charge in [0.1, 0.15) is 0 Å². The Kier molecular flexibility index (Phi) is 11.3. The fourth-order valence-corrected chi connectivity index (χ4v) is 4.79. The van der Waals surface area contributed by atoms with Crippen molar-refractivity contribution in [3.63, 3.8) is 0 Å². The summed E-state index contributed by atoms with van der Waals surface area (Å²) < 4.78 is 1.72. The van der Waals surface area contributed by atoms with Crippen LogP contribution >= 0.6 is 48.8 Å². The van der Waals surface area contributed by atoms with E-state index in [1.165, 1.54) is 5.69 Å². The van der Waals surface area contributed by atoms with Crippen LogP contribution in [0.2, 0.25) is 5.02 Å². The Morgan fingerprint density at radius 3 is 2.39 bits per heavy atom. The number of hydrogen-bond donors (Lipinski definition) is 0. The molecule has 0 amide bonds. The molecule has 0 saturated carbocycles. The van der Waals surface area contributed by atoms with Gasteiger partial charge in [-0.1, -0.05) is 29.3 Å². The van der Waals surface area contributed by atoms with Gasteiger partial charge in [-0.05, 0) is 56.6 Å². The summed E-state index contributed by atoms with van der Waals surface area (Å²) in [7, 11) is 0. The molecule has 1 aliphatic rings. The number of rotatable bonds is 6. The number of aryl methyl sites for hydroxylation is 2. The van der Waals surface area contributed by atoms with Crippen LogP contribution in [0.1, 0.15) is 18.4 Å². The number of halogens is 4. The van der Waals surface area contributed by atoms with E-state index in [2.05, 4.69) is 25.8 Å². The minimum atomic E-state index is -0.00829. The molecule has 1 saturated heterocycles. The third-order valence-electron chi connectivity index (χ3n) is 6.48. The largest absolute Gasteiger partial charge is 0.369 e. The lowest BCUT2D eigenvalue weighted by molar-refractivity contribution is 0.251. The maximum Gasteiger partial charge on any atom is 0.262 e. The van der Waals surface area contributed by atoms with Crippen molar-refractivity contribution in [1.29, 1.82) is 0 Å². The first-order chi connectivity index (χ1) is 16.1. The van der Waals surface area contributed by atoms with Crippen LogP contribution in [-0.4, -0.2) is 52.2 Å². The Hall–Kier alpha value is -2.09. The van der Waals surface area contributed by atoms with E-state index in [1.807, 2.05) is 43.3 Å². The van der Waals surface area contributed by atoms with E-state index in [4.69, 9.17) is 11.6 Å². The van der Waals surface area contributed by atoms with Crippen molar-refractivity contribution in [2.75, 3.05) is 37.6 Å². The second-order valence-corrected chi connectivity index (χ2v) is 9.24. The fourth-order valence-electron chi connectivity index (χ4n) is 4.60. The molecule has 1 aliphatic heterocycles. The second-order valence-electron chi connectivity index (χ2n) is 8.80. The van der Waals surface area contributed by atoms with Gasteiger partial charge in [-0.3, -0.25) is 19.2 Å². The molecular weight excluding hydrogens is 540 g/mol. The molecule has 0 N–H and O–H groups in total. The number of unbranched alkanes of at least 4 members (excludes halogenated alkanes) is 1. The van der Waals surface area contributed by atoms with Gasteiger partial charge >= 0.3 is 0 Å².